The largest absolute Gasteiger partial charge is 0.466 e. The quantitative estimate of drug-likeness (QED) is 0.122. The van der Waals surface area contributed by atoms with Crippen LogP contribution in [-0.4, -0.2) is 75.2 Å². The summed E-state index contributed by atoms with van der Waals surface area (Å²) < 4.78 is 31.5. The van der Waals surface area contributed by atoms with E-state index in [1.807, 2.05) is 0 Å². The van der Waals surface area contributed by atoms with Gasteiger partial charge in [-0.3, -0.25) is 4.57 Å². The van der Waals surface area contributed by atoms with Gasteiger partial charge in [-0.2, -0.15) is 4.98 Å². The van der Waals surface area contributed by atoms with Gasteiger partial charge in [0.1, 0.15) is 11.9 Å². The van der Waals surface area contributed by atoms with E-state index in [9.17, 15) is 9.90 Å². The molecule has 0 amide bonds. The Morgan fingerprint density at radius 3 is 1.59 bits per heavy atom. The average Bonchev–Trinajstić information content (AvgIpc) is 2.65. The molecule has 1 saturated heterocycles. The normalized spacial score (nSPS) is 22.3. The van der Waals surface area contributed by atoms with Crippen molar-refractivity contribution < 1.29 is 67.6 Å². The van der Waals surface area contributed by atoms with Crippen molar-refractivity contribution >= 4 is 52.5 Å². The fourth-order valence-electron chi connectivity index (χ4n) is 1.68. The smallest absolute Gasteiger partial charge is 0.387 e. The maximum absolute atomic E-state index is 11.6. The Morgan fingerprint density at radius 2 is 1.34 bits per heavy atom. The molecule has 1 aliphatic heterocycles. The van der Waals surface area contributed by atoms with Gasteiger partial charge in [-0.15, -0.1) is 0 Å². The van der Waals surface area contributed by atoms with Crippen molar-refractivity contribution in [2.45, 2.75) is 29.7 Å². The lowest BCUT2D eigenvalue weighted by molar-refractivity contribution is -0.0107. The second-order valence-corrected chi connectivity index (χ2v) is 9.92. The molecule has 2 rings (SSSR count). The monoisotopic (exact) mass is 573 g/mol. The lowest BCUT2D eigenvalue weighted by Crippen LogP contribution is -2.39. The molecule has 3 atom stereocenters. The van der Waals surface area contributed by atoms with E-state index in [2.05, 4.69) is 4.98 Å². The molecule has 0 spiro atoms. The van der Waals surface area contributed by atoms with Crippen LogP contribution in [0.3, 0.4) is 0 Å². The zero-order valence-corrected chi connectivity index (χ0v) is 19.7. The number of alkyl halides is 2. The molecule has 0 saturated carbocycles. The van der Waals surface area contributed by atoms with E-state index >= 15 is 0 Å². The minimum Gasteiger partial charge on any atom is -0.387 e. The number of aliphatic hydroxyl groups is 1. The second-order valence-electron chi connectivity index (χ2n) is 5.40. The van der Waals surface area contributed by atoms with Gasteiger partial charge in [-0.05, 0) is 13.0 Å². The molecular formula is C9H20Cl2N3O15P3. The van der Waals surface area contributed by atoms with E-state index in [1.54, 1.807) is 6.92 Å². The molecule has 0 bridgehead atoms. The number of aliphatic hydroxyl groups excluding tert-OH is 1. The first kappa shape index (κ1) is 33.7. The number of rotatable bonds is 1. The summed E-state index contributed by atoms with van der Waals surface area (Å²) in [4.78, 5) is 79.8. The van der Waals surface area contributed by atoms with Crippen LogP contribution in [0, 0.1) is 0 Å². The molecule has 190 valence electrons. The Balaban J connectivity index is 0. The number of hydrogen-bond donors (Lipinski definition) is 11. The summed E-state index contributed by atoms with van der Waals surface area (Å²) in [5.41, 5.74) is 4.73. The Morgan fingerprint density at radius 1 is 1.00 bits per heavy atom. The van der Waals surface area contributed by atoms with E-state index in [4.69, 9.17) is 91.4 Å². The molecule has 23 heteroatoms. The Labute approximate surface area is 188 Å². The van der Waals surface area contributed by atoms with Crippen LogP contribution < -0.4 is 11.4 Å². The average molecular weight is 574 g/mol. The van der Waals surface area contributed by atoms with Crippen LogP contribution in [0.1, 0.15) is 13.2 Å². The van der Waals surface area contributed by atoms with Crippen molar-refractivity contribution in [3.63, 3.8) is 0 Å². The lowest BCUT2D eigenvalue weighted by Gasteiger charge is -2.23. The van der Waals surface area contributed by atoms with E-state index in [0.29, 0.717) is 0 Å². The van der Waals surface area contributed by atoms with Crippen LogP contribution in [0.25, 0.3) is 0 Å². The van der Waals surface area contributed by atoms with Crippen LogP contribution in [0.5, 0.6) is 0 Å². The van der Waals surface area contributed by atoms with E-state index in [-0.39, 0.29) is 5.82 Å². The lowest BCUT2D eigenvalue weighted by atomic mass is 10.2. The third kappa shape index (κ3) is 18.0. The standard InChI is InChI=1S/C9H11Cl2N3O3.3H3O4P/c1-4-6(15)9(10,11)7(17-4)14-3-2-5(12)13-8(14)16;3*1-5(2,3)4/h2-4,6-7,15H,1H3,(H2,12,13,16);3*(H3,1,2,3,4)/t4-,6-,7-;;;/m1.../s1. The van der Waals surface area contributed by atoms with Gasteiger partial charge in [0, 0.05) is 6.20 Å². The molecule has 18 nitrogen and oxygen atoms in total. The highest BCUT2D eigenvalue weighted by Gasteiger charge is 2.54. The second kappa shape index (κ2) is 12.8. The number of aromatic nitrogens is 2. The van der Waals surface area contributed by atoms with Gasteiger partial charge in [-0.1, -0.05) is 23.2 Å². The van der Waals surface area contributed by atoms with Crippen molar-refractivity contribution in [2.75, 3.05) is 5.73 Å². The summed E-state index contributed by atoms with van der Waals surface area (Å²) in [5, 5.41) is 9.75. The van der Waals surface area contributed by atoms with Gasteiger partial charge in [0.25, 0.3) is 0 Å². The number of nitrogen functional groups attached to an aromatic ring is 1. The van der Waals surface area contributed by atoms with Crippen molar-refractivity contribution in [3.8, 4) is 0 Å². The van der Waals surface area contributed by atoms with Crippen LogP contribution in [0.2, 0.25) is 0 Å². The summed E-state index contributed by atoms with van der Waals surface area (Å²) in [6, 6.07) is 1.42. The number of halogens is 2. The summed E-state index contributed by atoms with van der Waals surface area (Å²) in [7, 11) is -13.9. The molecule has 12 N–H and O–H groups in total. The van der Waals surface area contributed by atoms with Crippen LogP contribution >= 0.6 is 46.7 Å². The van der Waals surface area contributed by atoms with Gasteiger partial charge in [-0.25, -0.2) is 18.5 Å². The first-order valence-electron chi connectivity index (χ1n) is 7.25. The minimum absolute atomic E-state index is 0.0904. The highest BCUT2D eigenvalue weighted by molar-refractivity contribution is 7.45. The number of nitrogens with zero attached hydrogens (tertiary/aromatic N) is 2. The Hall–Kier alpha value is -0.490. The molecule has 0 aromatic carbocycles. The van der Waals surface area contributed by atoms with E-state index < -0.39 is 51.9 Å². The third-order valence-corrected chi connectivity index (χ3v) is 3.44. The van der Waals surface area contributed by atoms with Crippen molar-refractivity contribution in [1.29, 1.82) is 0 Å². The van der Waals surface area contributed by atoms with Gasteiger partial charge < -0.3 is 59.6 Å². The van der Waals surface area contributed by atoms with Gasteiger partial charge >= 0.3 is 29.2 Å². The number of hydrogen-bond acceptors (Lipinski definition) is 8. The highest BCUT2D eigenvalue weighted by atomic mass is 35.5. The molecule has 0 aliphatic carbocycles. The molecular weight excluding hydrogens is 554 g/mol. The van der Waals surface area contributed by atoms with Crippen LogP contribution in [0.15, 0.2) is 17.1 Å². The summed E-state index contributed by atoms with van der Waals surface area (Å²) >= 11 is 12.0. The van der Waals surface area contributed by atoms with Crippen LogP contribution in [0.4, 0.5) is 5.82 Å². The first-order valence-corrected chi connectivity index (χ1v) is 12.7. The summed E-state index contributed by atoms with van der Waals surface area (Å²) in [6.45, 7) is 1.61. The fraction of sp³-hybridized carbons (Fsp3) is 0.556. The number of ether oxygens (including phenoxy) is 1. The topological polar surface area (TPSA) is 324 Å². The SMILES string of the molecule is C[C@H]1O[C@@H](n2ccc(N)nc2=O)C(Cl)(Cl)[C@@H]1O.O=P(O)(O)O.O=P(O)(O)O.O=P(O)(O)O. The first-order chi connectivity index (χ1) is 13.8. The molecule has 1 aromatic heterocycles. The fourth-order valence-corrected chi connectivity index (χ4v) is 2.35. The minimum atomic E-state index is -4.64. The predicted molar refractivity (Wildman–Crippen MR) is 106 cm³/mol. The number of phosphoric acid groups is 3. The Kier molecular flexibility index (Phi) is 13.5. The van der Waals surface area contributed by atoms with Crippen molar-refractivity contribution in [3.05, 3.63) is 22.7 Å². The maximum atomic E-state index is 11.6. The number of nitrogens with two attached hydrogens (primary N) is 1. The third-order valence-electron chi connectivity index (χ3n) is 2.62. The molecule has 2 heterocycles. The number of anilines is 1. The molecule has 1 fully saturated rings. The van der Waals surface area contributed by atoms with Gasteiger partial charge in [0.2, 0.25) is 0 Å². The van der Waals surface area contributed by atoms with Crippen molar-refractivity contribution in [1.82, 2.24) is 9.55 Å². The molecule has 32 heavy (non-hydrogen) atoms. The van der Waals surface area contributed by atoms with Crippen LogP contribution in [-0.2, 0) is 18.4 Å². The van der Waals surface area contributed by atoms with E-state index in [1.165, 1.54) is 12.3 Å². The molecule has 0 radical (unpaired) electrons. The molecule has 1 aromatic rings. The maximum Gasteiger partial charge on any atom is 0.466 e. The predicted octanol–water partition coefficient (Wildman–Crippen LogP) is -2.51. The summed E-state index contributed by atoms with van der Waals surface area (Å²) in [6.07, 6.45) is -1.31. The summed E-state index contributed by atoms with van der Waals surface area (Å²) in [5.74, 6) is 0.0904. The van der Waals surface area contributed by atoms with Gasteiger partial charge in [0.05, 0.1) is 6.10 Å². The van der Waals surface area contributed by atoms with Crippen molar-refractivity contribution in [2.24, 2.45) is 0 Å². The van der Waals surface area contributed by atoms with E-state index in [0.717, 1.165) is 4.57 Å². The zero-order chi connectivity index (χ0) is 26.3. The van der Waals surface area contributed by atoms with Gasteiger partial charge in [0.15, 0.2) is 10.6 Å². The Bertz CT molecular complexity index is 854. The highest BCUT2D eigenvalue weighted by Crippen LogP contribution is 2.45. The molecule has 0 unspecified atom stereocenters. The zero-order valence-electron chi connectivity index (χ0n) is 15.5. The molecule has 1 aliphatic rings.